The van der Waals surface area contributed by atoms with Crippen molar-refractivity contribution >= 4 is 11.8 Å². The molecule has 5 aliphatic carbocycles. The zero-order chi connectivity index (χ0) is 34.0. The Balaban J connectivity index is 1.34. The lowest BCUT2D eigenvalue weighted by Gasteiger charge is -2.71. The van der Waals surface area contributed by atoms with Crippen LogP contribution in [0.5, 0.6) is 0 Å². The second-order valence-corrected chi connectivity index (χ2v) is 17.8. The van der Waals surface area contributed by atoms with Crippen LogP contribution in [0.25, 0.3) is 0 Å². The number of ether oxygens (including phenoxy) is 2. The molecule has 0 radical (unpaired) electrons. The van der Waals surface area contributed by atoms with Crippen molar-refractivity contribution in [3.8, 4) is 0 Å². The molecule has 0 aromatic rings. The van der Waals surface area contributed by atoms with Gasteiger partial charge in [-0.3, -0.25) is 9.59 Å². The van der Waals surface area contributed by atoms with Gasteiger partial charge in [0, 0.05) is 11.3 Å². The van der Waals surface area contributed by atoms with Crippen LogP contribution in [0.15, 0.2) is 11.6 Å². The topological polar surface area (TPSA) is 174 Å². The summed E-state index contributed by atoms with van der Waals surface area (Å²) in [6.45, 7) is 14.3. The maximum atomic E-state index is 14.6. The zero-order valence-electron chi connectivity index (χ0n) is 28.5. The number of allylic oxidation sites excluding steroid dienone is 1. The van der Waals surface area contributed by atoms with Crippen molar-refractivity contribution in [1.29, 1.82) is 0 Å². The van der Waals surface area contributed by atoms with Crippen LogP contribution in [0.1, 0.15) is 99.8 Å². The number of aliphatic hydroxyl groups excluding tert-OH is 5. The summed E-state index contributed by atoms with van der Waals surface area (Å²) in [7, 11) is 0. The van der Waals surface area contributed by atoms with Crippen LogP contribution in [0.2, 0.25) is 0 Å². The first kappa shape index (κ1) is 34.5. The van der Waals surface area contributed by atoms with E-state index in [1.165, 1.54) is 0 Å². The molecule has 0 aromatic carbocycles. The fourth-order valence-corrected chi connectivity index (χ4v) is 12.1. The largest absolute Gasteiger partial charge is 0.481 e. The molecule has 1 saturated heterocycles. The highest BCUT2D eigenvalue weighted by Crippen LogP contribution is 2.75. The summed E-state index contributed by atoms with van der Waals surface area (Å²) in [6.07, 6.45) is -0.922. The lowest BCUT2D eigenvalue weighted by Crippen LogP contribution is -2.69. The van der Waals surface area contributed by atoms with Crippen LogP contribution < -0.4 is 0 Å². The lowest BCUT2D eigenvalue weighted by molar-refractivity contribution is -0.329. The van der Waals surface area contributed by atoms with Crippen molar-refractivity contribution < 1.29 is 49.7 Å². The highest BCUT2D eigenvalue weighted by molar-refractivity contribution is 5.96. The van der Waals surface area contributed by atoms with Crippen molar-refractivity contribution in [2.45, 2.75) is 143 Å². The van der Waals surface area contributed by atoms with E-state index in [2.05, 4.69) is 41.5 Å². The third-order valence-corrected chi connectivity index (χ3v) is 15.2. The minimum atomic E-state index is -1.52. The third-order valence-electron chi connectivity index (χ3n) is 15.2. The summed E-state index contributed by atoms with van der Waals surface area (Å²) in [5.41, 5.74) is -2.31. The van der Waals surface area contributed by atoms with E-state index in [1.54, 1.807) is 0 Å². The number of hydrogen-bond donors (Lipinski definition) is 6. The maximum Gasteiger partial charge on any atom is 0.309 e. The first-order chi connectivity index (χ1) is 21.2. The normalized spacial score (nSPS) is 54.9. The van der Waals surface area contributed by atoms with E-state index in [0.717, 1.165) is 12.0 Å². The number of carboxylic acid groups (broad SMARTS) is 1. The standard InChI is InChI=1S/C36H56O10/c1-31(2)22-8-11-35(6)28(34(22,5)10-9-24(31)46-29-27(42)26(41)25(40)21(17-37)45-29)20(38)14-18-19-15-33(4,30(43)44)13-12-32(19,3)16-23(39)36(18,35)7/h14,19,21-29,37,39-42H,8-13,15-17H2,1-7H3,(H,43,44). The molecule has 46 heavy (non-hydrogen) atoms. The number of fused-ring (bicyclic) bond motifs is 7. The molecule has 1 aliphatic heterocycles. The molecule has 4 saturated carbocycles. The number of aliphatic hydroxyl groups is 5. The number of rotatable bonds is 4. The minimum absolute atomic E-state index is 0.0557. The molecule has 0 amide bonds. The second kappa shape index (κ2) is 10.8. The van der Waals surface area contributed by atoms with Gasteiger partial charge in [-0.25, -0.2) is 0 Å². The minimum Gasteiger partial charge on any atom is -0.481 e. The van der Waals surface area contributed by atoms with Crippen LogP contribution in [-0.2, 0) is 19.1 Å². The lowest BCUT2D eigenvalue weighted by atomic mass is 9.33. The van der Waals surface area contributed by atoms with Gasteiger partial charge in [0.15, 0.2) is 12.1 Å². The fourth-order valence-electron chi connectivity index (χ4n) is 12.1. The molecule has 10 nitrogen and oxygen atoms in total. The number of carbonyl (C=O) groups excluding carboxylic acids is 1. The number of carboxylic acids is 1. The highest BCUT2D eigenvalue weighted by atomic mass is 16.7. The summed E-state index contributed by atoms with van der Waals surface area (Å²) in [4.78, 5) is 27.0. The Morgan fingerprint density at radius 2 is 1.59 bits per heavy atom. The molecule has 1 heterocycles. The maximum absolute atomic E-state index is 14.6. The quantitative estimate of drug-likeness (QED) is 0.249. The molecule has 15 unspecified atom stereocenters. The van der Waals surface area contributed by atoms with Gasteiger partial charge in [0.25, 0.3) is 0 Å². The van der Waals surface area contributed by atoms with Gasteiger partial charge < -0.3 is 40.1 Å². The van der Waals surface area contributed by atoms with E-state index in [0.29, 0.717) is 44.9 Å². The summed E-state index contributed by atoms with van der Waals surface area (Å²) >= 11 is 0. The van der Waals surface area contributed by atoms with E-state index in [9.17, 15) is 40.2 Å². The number of ketones is 1. The molecule has 6 rings (SSSR count). The van der Waals surface area contributed by atoms with Crippen molar-refractivity contribution in [3.63, 3.8) is 0 Å². The van der Waals surface area contributed by atoms with Crippen LogP contribution in [0.3, 0.4) is 0 Å². The molecule has 0 spiro atoms. The van der Waals surface area contributed by atoms with Gasteiger partial charge in [0.1, 0.15) is 24.4 Å². The predicted octanol–water partition coefficient (Wildman–Crippen LogP) is 3.21. The first-order valence-electron chi connectivity index (χ1n) is 17.3. The fraction of sp³-hybridized carbons (Fsp3) is 0.889. The highest BCUT2D eigenvalue weighted by Gasteiger charge is 2.72. The monoisotopic (exact) mass is 648 g/mol. The number of hydrogen-bond acceptors (Lipinski definition) is 9. The molecule has 260 valence electrons. The van der Waals surface area contributed by atoms with Gasteiger partial charge >= 0.3 is 5.97 Å². The van der Waals surface area contributed by atoms with E-state index in [-0.39, 0.29) is 35.1 Å². The van der Waals surface area contributed by atoms with Crippen LogP contribution in [0, 0.1) is 50.2 Å². The summed E-state index contributed by atoms with van der Waals surface area (Å²) in [5.74, 6) is -1.12. The molecule has 10 heteroatoms. The molecular formula is C36H56O10. The van der Waals surface area contributed by atoms with Crippen LogP contribution in [0.4, 0.5) is 0 Å². The Morgan fingerprint density at radius 1 is 0.913 bits per heavy atom. The molecular weight excluding hydrogens is 592 g/mol. The van der Waals surface area contributed by atoms with Crippen molar-refractivity contribution in [3.05, 3.63) is 11.6 Å². The molecule has 5 fully saturated rings. The van der Waals surface area contributed by atoms with E-state index in [4.69, 9.17) is 9.47 Å². The smallest absolute Gasteiger partial charge is 0.309 e. The molecule has 6 aliphatic rings. The predicted molar refractivity (Wildman–Crippen MR) is 167 cm³/mol. The van der Waals surface area contributed by atoms with E-state index in [1.807, 2.05) is 13.0 Å². The molecule has 6 N–H and O–H groups in total. The van der Waals surface area contributed by atoms with E-state index < -0.39 is 76.5 Å². The van der Waals surface area contributed by atoms with Gasteiger partial charge in [-0.05, 0) is 97.9 Å². The number of aliphatic carboxylic acids is 1. The van der Waals surface area contributed by atoms with Gasteiger partial charge in [0.2, 0.25) is 0 Å². The van der Waals surface area contributed by atoms with Gasteiger partial charge in [0.05, 0.1) is 24.2 Å². The second-order valence-electron chi connectivity index (χ2n) is 17.8. The summed E-state index contributed by atoms with van der Waals surface area (Å²) < 4.78 is 12.1. The Kier molecular flexibility index (Phi) is 8.09. The van der Waals surface area contributed by atoms with Crippen LogP contribution in [-0.4, -0.2) is 91.9 Å². The molecule has 0 bridgehead atoms. The molecule has 15 atom stereocenters. The first-order valence-corrected chi connectivity index (χ1v) is 17.3. The Morgan fingerprint density at radius 3 is 2.22 bits per heavy atom. The average molecular weight is 649 g/mol. The van der Waals surface area contributed by atoms with E-state index >= 15 is 0 Å². The van der Waals surface area contributed by atoms with Gasteiger partial charge in [-0.1, -0.05) is 47.1 Å². The zero-order valence-corrected chi connectivity index (χ0v) is 28.5. The Hall–Kier alpha value is -1.40. The van der Waals surface area contributed by atoms with Crippen LogP contribution >= 0.6 is 0 Å². The molecule has 0 aromatic heterocycles. The van der Waals surface area contributed by atoms with Gasteiger partial charge in [-0.2, -0.15) is 0 Å². The SMILES string of the molecule is CC1(C(=O)O)CCC2(C)CC(O)C3(C)C(=CC(=O)C4C5(C)CCC(OC6OC(CO)C(O)C(O)C6O)C(C)(C)C5CCC43C)C2C1. The summed E-state index contributed by atoms with van der Waals surface area (Å²) in [6, 6.07) is 0. The third kappa shape index (κ3) is 4.46. The Bertz CT molecular complexity index is 1300. The summed E-state index contributed by atoms with van der Waals surface area (Å²) in [5, 5.41) is 63.3. The Labute approximate surface area is 272 Å². The average Bonchev–Trinajstić information content (AvgIpc) is 2.97. The van der Waals surface area contributed by atoms with Gasteiger partial charge in [-0.15, -0.1) is 0 Å². The number of carbonyl (C=O) groups is 2. The van der Waals surface area contributed by atoms with Crippen molar-refractivity contribution in [2.24, 2.45) is 50.2 Å². The van der Waals surface area contributed by atoms with Crippen molar-refractivity contribution in [2.75, 3.05) is 6.61 Å². The van der Waals surface area contributed by atoms with Crippen molar-refractivity contribution in [1.82, 2.24) is 0 Å².